The maximum absolute atomic E-state index is 3.70. The molecule has 0 radical (unpaired) electrons. The molecular weight excluding hydrogens is 208 g/mol. The van der Waals surface area contributed by atoms with Gasteiger partial charge in [-0.05, 0) is 56.6 Å². The van der Waals surface area contributed by atoms with Crippen molar-refractivity contribution in [2.75, 3.05) is 5.43 Å². The highest BCUT2D eigenvalue weighted by molar-refractivity contribution is 5.16. The minimum atomic E-state index is 0.526. The molecular formula is C15H26N2. The van der Waals surface area contributed by atoms with Crippen LogP contribution in [0.25, 0.3) is 0 Å². The maximum atomic E-state index is 3.70. The van der Waals surface area contributed by atoms with Gasteiger partial charge in [-0.25, -0.2) is 0 Å². The fourth-order valence-corrected chi connectivity index (χ4v) is 3.18. The Morgan fingerprint density at radius 3 is 2.35 bits per heavy atom. The molecule has 0 amide bonds. The lowest BCUT2D eigenvalue weighted by Gasteiger charge is -2.40. The van der Waals surface area contributed by atoms with Gasteiger partial charge in [-0.2, -0.15) is 0 Å². The van der Waals surface area contributed by atoms with E-state index in [1.165, 1.54) is 30.7 Å². The van der Waals surface area contributed by atoms with Gasteiger partial charge in [-0.3, -0.25) is 4.68 Å². The zero-order valence-electron chi connectivity index (χ0n) is 11.9. The van der Waals surface area contributed by atoms with Crippen molar-refractivity contribution >= 4 is 0 Å². The van der Waals surface area contributed by atoms with Gasteiger partial charge in [-0.1, -0.05) is 20.8 Å². The predicted molar refractivity (Wildman–Crippen MR) is 73.9 cm³/mol. The molecule has 1 aliphatic carbocycles. The normalized spacial score (nSPS) is 28.1. The Bertz CT molecular complexity index is 370. The molecule has 0 aliphatic heterocycles. The molecule has 1 aliphatic rings. The third-order valence-electron chi connectivity index (χ3n) is 4.26. The molecule has 0 saturated heterocycles. The minimum Gasteiger partial charge on any atom is -0.323 e. The highest BCUT2D eigenvalue weighted by Crippen LogP contribution is 2.38. The van der Waals surface area contributed by atoms with Crippen molar-refractivity contribution in [1.82, 2.24) is 4.68 Å². The van der Waals surface area contributed by atoms with E-state index in [1.54, 1.807) is 0 Å². The number of aromatic nitrogens is 1. The van der Waals surface area contributed by atoms with Gasteiger partial charge in [0, 0.05) is 17.4 Å². The fraction of sp³-hybridized carbons (Fsp3) is 0.733. The van der Waals surface area contributed by atoms with E-state index in [9.17, 15) is 0 Å². The van der Waals surface area contributed by atoms with Crippen molar-refractivity contribution in [3.8, 4) is 0 Å². The second-order valence-corrected chi connectivity index (χ2v) is 6.57. The number of hydrogen-bond donors (Lipinski definition) is 1. The molecule has 0 spiro atoms. The van der Waals surface area contributed by atoms with E-state index in [4.69, 9.17) is 0 Å². The van der Waals surface area contributed by atoms with Crippen LogP contribution < -0.4 is 5.43 Å². The number of aryl methyl sites for hydroxylation is 2. The summed E-state index contributed by atoms with van der Waals surface area (Å²) in [6.45, 7) is 11.5. The highest BCUT2D eigenvalue weighted by atomic mass is 15.4. The van der Waals surface area contributed by atoms with Crippen LogP contribution in [0.5, 0.6) is 0 Å². The van der Waals surface area contributed by atoms with Crippen molar-refractivity contribution in [2.45, 2.75) is 59.9 Å². The van der Waals surface area contributed by atoms with Gasteiger partial charge in [0.05, 0.1) is 0 Å². The quantitative estimate of drug-likeness (QED) is 0.822. The van der Waals surface area contributed by atoms with Gasteiger partial charge in [0.15, 0.2) is 0 Å². The molecule has 1 N–H and O–H groups in total. The van der Waals surface area contributed by atoms with Crippen molar-refractivity contribution < 1.29 is 0 Å². The molecule has 1 fully saturated rings. The molecule has 17 heavy (non-hydrogen) atoms. The van der Waals surface area contributed by atoms with Crippen LogP contribution in [0.15, 0.2) is 12.1 Å². The van der Waals surface area contributed by atoms with Crippen molar-refractivity contribution in [2.24, 2.45) is 11.3 Å². The topological polar surface area (TPSA) is 17.0 Å². The van der Waals surface area contributed by atoms with Gasteiger partial charge in [0.25, 0.3) is 0 Å². The first-order valence-electron chi connectivity index (χ1n) is 6.80. The molecule has 2 rings (SSSR count). The van der Waals surface area contributed by atoms with E-state index >= 15 is 0 Å². The van der Waals surface area contributed by atoms with Gasteiger partial charge < -0.3 is 5.43 Å². The third-order valence-corrected chi connectivity index (χ3v) is 4.26. The molecule has 1 aromatic heterocycles. The smallest absolute Gasteiger partial charge is 0.0450 e. The van der Waals surface area contributed by atoms with E-state index in [-0.39, 0.29) is 0 Å². The van der Waals surface area contributed by atoms with Gasteiger partial charge in [0.2, 0.25) is 0 Å². The van der Waals surface area contributed by atoms with Gasteiger partial charge >= 0.3 is 0 Å². The molecule has 96 valence electrons. The average molecular weight is 234 g/mol. The van der Waals surface area contributed by atoms with Gasteiger partial charge in [-0.15, -0.1) is 0 Å². The van der Waals surface area contributed by atoms with Crippen LogP contribution in [-0.4, -0.2) is 10.7 Å². The van der Waals surface area contributed by atoms with E-state index in [0.717, 1.165) is 5.92 Å². The summed E-state index contributed by atoms with van der Waals surface area (Å²) in [5.41, 5.74) is 6.84. The zero-order chi connectivity index (χ0) is 12.6. The van der Waals surface area contributed by atoms with Crippen LogP contribution in [0.1, 0.15) is 51.4 Å². The Morgan fingerprint density at radius 1 is 1.24 bits per heavy atom. The summed E-state index contributed by atoms with van der Waals surface area (Å²) in [7, 11) is 0. The largest absolute Gasteiger partial charge is 0.323 e. The van der Waals surface area contributed by atoms with Crippen LogP contribution in [0.3, 0.4) is 0 Å². The van der Waals surface area contributed by atoms with Crippen LogP contribution in [0, 0.1) is 25.2 Å². The third kappa shape index (κ3) is 2.67. The highest BCUT2D eigenvalue weighted by Gasteiger charge is 2.32. The van der Waals surface area contributed by atoms with Crippen molar-refractivity contribution in [3.63, 3.8) is 0 Å². The number of rotatable bonds is 2. The Morgan fingerprint density at radius 2 is 1.82 bits per heavy atom. The number of hydrogen-bond acceptors (Lipinski definition) is 1. The minimum absolute atomic E-state index is 0.526. The van der Waals surface area contributed by atoms with Gasteiger partial charge in [0.1, 0.15) is 0 Å². The molecule has 2 unspecified atom stereocenters. The second kappa shape index (κ2) is 4.40. The summed E-state index contributed by atoms with van der Waals surface area (Å²) in [5.74, 6) is 0.750. The Kier molecular flexibility index (Phi) is 3.24. The van der Waals surface area contributed by atoms with E-state index in [0.29, 0.717) is 11.5 Å². The van der Waals surface area contributed by atoms with Crippen molar-refractivity contribution in [3.05, 3.63) is 23.5 Å². The molecule has 0 aromatic carbocycles. The average Bonchev–Trinajstić information content (AvgIpc) is 2.52. The molecule has 1 saturated carbocycles. The lowest BCUT2D eigenvalue weighted by Crippen LogP contribution is -2.40. The molecule has 0 bridgehead atoms. The molecule has 2 nitrogen and oxygen atoms in total. The van der Waals surface area contributed by atoms with Crippen LogP contribution in [-0.2, 0) is 0 Å². The summed E-state index contributed by atoms with van der Waals surface area (Å²) in [4.78, 5) is 0. The van der Waals surface area contributed by atoms with E-state index in [2.05, 4.69) is 56.9 Å². The first-order chi connectivity index (χ1) is 7.89. The van der Waals surface area contributed by atoms with E-state index < -0.39 is 0 Å². The number of nitrogens with one attached hydrogen (secondary N) is 1. The second-order valence-electron chi connectivity index (χ2n) is 6.57. The van der Waals surface area contributed by atoms with Crippen molar-refractivity contribution in [1.29, 1.82) is 0 Å². The molecule has 1 aromatic rings. The van der Waals surface area contributed by atoms with Crippen LogP contribution >= 0.6 is 0 Å². The Balaban J connectivity index is 2.06. The molecule has 1 heterocycles. The first kappa shape index (κ1) is 12.5. The van der Waals surface area contributed by atoms with Crippen LogP contribution in [0.2, 0.25) is 0 Å². The summed E-state index contributed by atoms with van der Waals surface area (Å²) in [6, 6.07) is 4.98. The summed E-state index contributed by atoms with van der Waals surface area (Å²) < 4.78 is 2.25. The lowest BCUT2D eigenvalue weighted by atomic mass is 9.71. The monoisotopic (exact) mass is 234 g/mol. The summed E-state index contributed by atoms with van der Waals surface area (Å²) in [5, 5.41) is 0. The summed E-state index contributed by atoms with van der Waals surface area (Å²) in [6.07, 6.45) is 3.93. The number of nitrogens with zero attached hydrogens (tertiary/aromatic N) is 1. The Labute approximate surface area is 105 Å². The predicted octanol–water partition coefficient (Wildman–Crippen LogP) is 3.86. The maximum Gasteiger partial charge on any atom is 0.0450 e. The van der Waals surface area contributed by atoms with E-state index in [1.807, 2.05) is 0 Å². The zero-order valence-corrected chi connectivity index (χ0v) is 11.9. The SMILES string of the molecule is Cc1ccc(C)n1NC1CCC(C)(C)CC1C. The van der Waals surface area contributed by atoms with Crippen LogP contribution in [0.4, 0.5) is 0 Å². The molecule has 2 heteroatoms. The standard InChI is InChI=1S/C15H26N2/c1-11-10-15(4,5)9-8-14(11)16-17-12(2)6-7-13(17)3/h6-7,11,14,16H,8-10H2,1-5H3. The fourth-order valence-electron chi connectivity index (χ4n) is 3.18. The Hall–Kier alpha value is -0.920. The molecule has 2 atom stereocenters. The lowest BCUT2D eigenvalue weighted by molar-refractivity contribution is 0.171. The first-order valence-corrected chi connectivity index (χ1v) is 6.80. The summed E-state index contributed by atoms with van der Waals surface area (Å²) >= 11 is 0.